The molecule has 0 saturated heterocycles. The van der Waals surface area contributed by atoms with Crippen molar-refractivity contribution in [1.29, 1.82) is 0 Å². The third-order valence-corrected chi connectivity index (χ3v) is 4.30. The number of carbonyl (C=O) groups is 1. The third kappa shape index (κ3) is 2.78. The van der Waals surface area contributed by atoms with Crippen LogP contribution in [-0.2, 0) is 4.79 Å². The van der Waals surface area contributed by atoms with Crippen molar-refractivity contribution in [3.8, 4) is 0 Å². The van der Waals surface area contributed by atoms with Crippen LogP contribution in [0, 0.1) is 23.7 Å². The second-order valence-electron chi connectivity index (χ2n) is 6.22. The molecule has 0 spiro atoms. The molecule has 0 unspecified atom stereocenters. The van der Waals surface area contributed by atoms with Gasteiger partial charge in [-0.1, -0.05) is 27.2 Å². The largest absolute Gasteiger partial charge is 0.353 e. The Morgan fingerprint density at radius 2 is 1.88 bits per heavy atom. The number of nitrogens with one attached hydrogen (secondary N) is 1. The highest BCUT2D eigenvalue weighted by atomic mass is 16.2. The van der Waals surface area contributed by atoms with Crippen molar-refractivity contribution in [2.75, 3.05) is 0 Å². The van der Waals surface area contributed by atoms with Crippen LogP contribution in [0.3, 0.4) is 0 Å². The van der Waals surface area contributed by atoms with E-state index >= 15 is 0 Å². The third-order valence-electron chi connectivity index (χ3n) is 4.30. The van der Waals surface area contributed by atoms with E-state index in [2.05, 4.69) is 26.1 Å². The molecule has 3 atom stereocenters. The summed E-state index contributed by atoms with van der Waals surface area (Å²) in [6.07, 6.45) is 6.02. The lowest BCUT2D eigenvalue weighted by molar-refractivity contribution is -0.123. The lowest BCUT2D eigenvalue weighted by atomic mass is 9.74. The summed E-state index contributed by atoms with van der Waals surface area (Å²) in [5.74, 6) is 2.84. The van der Waals surface area contributed by atoms with Gasteiger partial charge in [0.1, 0.15) is 0 Å². The maximum Gasteiger partial charge on any atom is 0.223 e. The molecular formula is C14H25NO. The minimum atomic E-state index is 0.324. The summed E-state index contributed by atoms with van der Waals surface area (Å²) in [6, 6.07) is 0.442. The van der Waals surface area contributed by atoms with Crippen molar-refractivity contribution in [2.45, 2.75) is 58.9 Å². The molecule has 0 radical (unpaired) electrons. The van der Waals surface area contributed by atoms with Crippen LogP contribution >= 0.6 is 0 Å². The molecule has 0 aromatic rings. The molecule has 2 saturated carbocycles. The Balaban J connectivity index is 1.93. The van der Waals surface area contributed by atoms with E-state index in [0.29, 0.717) is 29.7 Å². The van der Waals surface area contributed by atoms with Crippen LogP contribution in [-0.4, -0.2) is 11.9 Å². The average molecular weight is 223 g/mol. The van der Waals surface area contributed by atoms with Crippen LogP contribution in [0.1, 0.15) is 52.9 Å². The van der Waals surface area contributed by atoms with Gasteiger partial charge < -0.3 is 5.32 Å². The van der Waals surface area contributed by atoms with E-state index in [1.165, 1.54) is 19.3 Å². The van der Waals surface area contributed by atoms with Gasteiger partial charge in [-0.2, -0.15) is 0 Å². The lowest BCUT2D eigenvalue weighted by Gasteiger charge is -2.37. The first-order valence-electron chi connectivity index (χ1n) is 6.88. The molecule has 1 amide bonds. The zero-order chi connectivity index (χ0) is 11.7. The SMILES string of the molecule is CC(C)[C@H]1CC[C@@H](C)C[C@H]1NC(=O)C1CC1. The van der Waals surface area contributed by atoms with E-state index in [4.69, 9.17) is 0 Å². The van der Waals surface area contributed by atoms with E-state index in [-0.39, 0.29) is 0 Å². The first-order valence-corrected chi connectivity index (χ1v) is 6.88. The first-order chi connectivity index (χ1) is 7.58. The number of hydrogen-bond donors (Lipinski definition) is 1. The Hall–Kier alpha value is -0.530. The summed E-state index contributed by atoms with van der Waals surface area (Å²) in [5, 5.41) is 3.30. The molecule has 2 aliphatic carbocycles. The minimum Gasteiger partial charge on any atom is -0.353 e. The maximum absolute atomic E-state index is 11.8. The maximum atomic E-state index is 11.8. The van der Waals surface area contributed by atoms with Gasteiger partial charge in [-0.05, 0) is 43.4 Å². The van der Waals surface area contributed by atoms with Gasteiger partial charge in [0.05, 0.1) is 0 Å². The van der Waals surface area contributed by atoms with E-state index in [1.807, 2.05) is 0 Å². The molecule has 2 nitrogen and oxygen atoms in total. The fraction of sp³-hybridized carbons (Fsp3) is 0.929. The summed E-state index contributed by atoms with van der Waals surface area (Å²) in [6.45, 7) is 6.89. The number of carbonyl (C=O) groups excluding carboxylic acids is 1. The number of amides is 1. The van der Waals surface area contributed by atoms with E-state index in [9.17, 15) is 4.79 Å². The summed E-state index contributed by atoms with van der Waals surface area (Å²) in [5.41, 5.74) is 0. The van der Waals surface area contributed by atoms with Crippen LogP contribution in [0.2, 0.25) is 0 Å². The van der Waals surface area contributed by atoms with Crippen LogP contribution < -0.4 is 5.32 Å². The Labute approximate surface area is 99.2 Å². The summed E-state index contributed by atoms with van der Waals surface area (Å²) >= 11 is 0. The second-order valence-corrected chi connectivity index (χ2v) is 6.22. The highest BCUT2D eigenvalue weighted by Crippen LogP contribution is 2.35. The smallest absolute Gasteiger partial charge is 0.223 e. The molecule has 0 aromatic carbocycles. The molecule has 0 aliphatic heterocycles. The number of rotatable bonds is 3. The highest BCUT2D eigenvalue weighted by Gasteiger charge is 2.35. The zero-order valence-electron chi connectivity index (χ0n) is 10.8. The first kappa shape index (κ1) is 11.9. The van der Waals surface area contributed by atoms with Crippen LogP contribution in [0.15, 0.2) is 0 Å². The molecule has 92 valence electrons. The second kappa shape index (κ2) is 4.77. The Kier molecular flexibility index (Phi) is 3.56. The van der Waals surface area contributed by atoms with Crippen molar-refractivity contribution >= 4 is 5.91 Å². The minimum absolute atomic E-state index is 0.324. The molecular weight excluding hydrogens is 198 g/mol. The number of hydrogen-bond acceptors (Lipinski definition) is 1. The van der Waals surface area contributed by atoms with Gasteiger partial charge in [0.25, 0.3) is 0 Å². The Morgan fingerprint density at radius 1 is 1.19 bits per heavy atom. The van der Waals surface area contributed by atoms with Crippen LogP contribution in [0.5, 0.6) is 0 Å². The van der Waals surface area contributed by atoms with Gasteiger partial charge in [0, 0.05) is 12.0 Å². The molecule has 0 bridgehead atoms. The van der Waals surface area contributed by atoms with Crippen molar-refractivity contribution in [3.05, 3.63) is 0 Å². The van der Waals surface area contributed by atoms with Gasteiger partial charge in [-0.3, -0.25) is 4.79 Å². The van der Waals surface area contributed by atoms with E-state index in [0.717, 1.165) is 18.8 Å². The fourth-order valence-electron chi connectivity index (χ4n) is 3.01. The average Bonchev–Trinajstić information content (AvgIpc) is 2.99. The molecule has 16 heavy (non-hydrogen) atoms. The van der Waals surface area contributed by atoms with E-state index < -0.39 is 0 Å². The van der Waals surface area contributed by atoms with Gasteiger partial charge >= 0.3 is 0 Å². The van der Waals surface area contributed by atoms with Crippen molar-refractivity contribution in [2.24, 2.45) is 23.7 Å². The van der Waals surface area contributed by atoms with Crippen molar-refractivity contribution in [1.82, 2.24) is 5.32 Å². The zero-order valence-corrected chi connectivity index (χ0v) is 10.8. The molecule has 2 fully saturated rings. The van der Waals surface area contributed by atoms with Crippen LogP contribution in [0.25, 0.3) is 0 Å². The lowest BCUT2D eigenvalue weighted by Crippen LogP contribution is -2.46. The molecule has 2 rings (SSSR count). The molecule has 0 heterocycles. The molecule has 2 heteroatoms. The topological polar surface area (TPSA) is 29.1 Å². The highest BCUT2D eigenvalue weighted by molar-refractivity contribution is 5.81. The van der Waals surface area contributed by atoms with Gasteiger partial charge in [0.2, 0.25) is 5.91 Å². The predicted octanol–water partition coefficient (Wildman–Crippen LogP) is 2.97. The molecule has 0 aromatic heterocycles. The quantitative estimate of drug-likeness (QED) is 0.783. The monoisotopic (exact) mass is 223 g/mol. The predicted molar refractivity (Wildman–Crippen MR) is 66.0 cm³/mol. The summed E-state index contributed by atoms with van der Waals surface area (Å²) < 4.78 is 0. The Morgan fingerprint density at radius 3 is 2.44 bits per heavy atom. The fourth-order valence-corrected chi connectivity index (χ4v) is 3.01. The summed E-state index contributed by atoms with van der Waals surface area (Å²) in [7, 11) is 0. The molecule has 2 aliphatic rings. The van der Waals surface area contributed by atoms with Crippen LogP contribution in [0.4, 0.5) is 0 Å². The van der Waals surface area contributed by atoms with E-state index in [1.54, 1.807) is 0 Å². The standard InChI is InChI=1S/C14H25NO/c1-9(2)12-7-4-10(3)8-13(12)15-14(16)11-5-6-11/h9-13H,4-8H2,1-3H3,(H,15,16)/t10-,12-,13-/m1/s1. The molecule has 1 N–H and O–H groups in total. The van der Waals surface area contributed by atoms with Gasteiger partial charge in [0.15, 0.2) is 0 Å². The van der Waals surface area contributed by atoms with Crippen molar-refractivity contribution < 1.29 is 4.79 Å². The normalized spacial score (nSPS) is 35.1. The van der Waals surface area contributed by atoms with Gasteiger partial charge in [-0.25, -0.2) is 0 Å². The van der Waals surface area contributed by atoms with Crippen molar-refractivity contribution in [3.63, 3.8) is 0 Å². The summed E-state index contributed by atoms with van der Waals surface area (Å²) in [4.78, 5) is 11.8. The van der Waals surface area contributed by atoms with Gasteiger partial charge in [-0.15, -0.1) is 0 Å². The Bertz CT molecular complexity index is 257.